The van der Waals surface area contributed by atoms with Crippen LogP contribution in [-0.4, -0.2) is 30.6 Å². The van der Waals surface area contributed by atoms with Gasteiger partial charge in [-0.25, -0.2) is 9.37 Å². The lowest BCUT2D eigenvalue weighted by Crippen LogP contribution is -2.40. The Balaban J connectivity index is 1.47. The standard InChI is InChI=1S/C21H21BrFN3O2S/c1-2-28-15-6-8-18-19(11-15)29-21(25-18)26-9-3-4-13(12-26)20(27)24-17-7-5-14(22)10-16(17)23/h5-8,10-11,13H,2-4,9,12H2,1H3,(H,24,27). The summed E-state index contributed by atoms with van der Waals surface area (Å²) in [6, 6.07) is 10.5. The Morgan fingerprint density at radius 3 is 3.03 bits per heavy atom. The van der Waals surface area contributed by atoms with E-state index in [4.69, 9.17) is 9.72 Å². The van der Waals surface area contributed by atoms with Gasteiger partial charge < -0.3 is 15.0 Å². The van der Waals surface area contributed by atoms with E-state index in [2.05, 4.69) is 26.1 Å². The number of nitrogens with zero attached hydrogens (tertiary/aromatic N) is 2. The Labute approximate surface area is 181 Å². The summed E-state index contributed by atoms with van der Waals surface area (Å²) in [6.45, 7) is 4.01. The van der Waals surface area contributed by atoms with E-state index >= 15 is 0 Å². The van der Waals surface area contributed by atoms with Crippen molar-refractivity contribution < 1.29 is 13.9 Å². The maximum absolute atomic E-state index is 14.1. The quantitative estimate of drug-likeness (QED) is 0.530. The van der Waals surface area contributed by atoms with Crippen LogP contribution < -0.4 is 15.0 Å². The molecule has 0 radical (unpaired) electrons. The van der Waals surface area contributed by atoms with Crippen molar-refractivity contribution >= 4 is 54.2 Å². The van der Waals surface area contributed by atoms with E-state index in [1.165, 1.54) is 6.07 Å². The average Bonchev–Trinajstić information content (AvgIpc) is 3.14. The zero-order valence-corrected chi connectivity index (χ0v) is 18.4. The van der Waals surface area contributed by atoms with Gasteiger partial charge in [0.05, 0.1) is 28.4 Å². The molecule has 1 saturated heterocycles. The molecule has 0 aliphatic carbocycles. The second kappa shape index (κ2) is 8.67. The molecule has 3 aromatic rings. The third-order valence-electron chi connectivity index (χ3n) is 4.91. The molecule has 8 heteroatoms. The Morgan fingerprint density at radius 1 is 1.38 bits per heavy atom. The number of ether oxygens (including phenoxy) is 1. The minimum Gasteiger partial charge on any atom is -0.494 e. The highest BCUT2D eigenvalue weighted by Crippen LogP contribution is 2.34. The third kappa shape index (κ3) is 4.53. The molecule has 1 N–H and O–H groups in total. The average molecular weight is 478 g/mol. The van der Waals surface area contributed by atoms with Crippen LogP contribution in [0.3, 0.4) is 0 Å². The number of aromatic nitrogens is 1. The fourth-order valence-electron chi connectivity index (χ4n) is 3.48. The highest BCUT2D eigenvalue weighted by Gasteiger charge is 2.28. The SMILES string of the molecule is CCOc1ccc2nc(N3CCCC(C(=O)Nc4ccc(Br)cc4F)C3)sc2c1. The van der Waals surface area contributed by atoms with Gasteiger partial charge in [0.2, 0.25) is 5.91 Å². The number of halogens is 2. The maximum Gasteiger partial charge on any atom is 0.229 e. The summed E-state index contributed by atoms with van der Waals surface area (Å²) < 4.78 is 21.3. The van der Waals surface area contributed by atoms with E-state index in [0.717, 1.165) is 40.5 Å². The van der Waals surface area contributed by atoms with Gasteiger partial charge in [-0.1, -0.05) is 27.3 Å². The first kappa shape index (κ1) is 20.1. The molecule has 1 aliphatic heterocycles. The van der Waals surface area contributed by atoms with Crippen LogP contribution >= 0.6 is 27.3 Å². The zero-order chi connectivity index (χ0) is 20.4. The fraction of sp³-hybridized carbons (Fsp3) is 0.333. The number of anilines is 2. The van der Waals surface area contributed by atoms with Gasteiger partial charge in [-0.15, -0.1) is 0 Å². The van der Waals surface area contributed by atoms with Gasteiger partial charge in [-0.05, 0) is 56.2 Å². The molecule has 1 fully saturated rings. The summed E-state index contributed by atoms with van der Waals surface area (Å²) >= 11 is 4.83. The van der Waals surface area contributed by atoms with E-state index in [1.807, 2.05) is 25.1 Å². The molecular formula is C21H21BrFN3O2S. The van der Waals surface area contributed by atoms with Crippen LogP contribution in [0.2, 0.25) is 0 Å². The number of rotatable bonds is 5. The van der Waals surface area contributed by atoms with E-state index < -0.39 is 5.82 Å². The van der Waals surface area contributed by atoms with Crippen molar-refractivity contribution in [3.8, 4) is 5.75 Å². The van der Waals surface area contributed by atoms with Crippen molar-refractivity contribution in [1.82, 2.24) is 4.98 Å². The lowest BCUT2D eigenvalue weighted by molar-refractivity contribution is -0.120. The van der Waals surface area contributed by atoms with Crippen molar-refractivity contribution in [1.29, 1.82) is 0 Å². The van der Waals surface area contributed by atoms with Crippen LogP contribution in [0.5, 0.6) is 5.75 Å². The van der Waals surface area contributed by atoms with Gasteiger partial charge in [0.25, 0.3) is 0 Å². The van der Waals surface area contributed by atoms with Gasteiger partial charge in [0, 0.05) is 17.6 Å². The summed E-state index contributed by atoms with van der Waals surface area (Å²) in [6.07, 6.45) is 1.67. The fourth-order valence-corrected chi connectivity index (χ4v) is 4.84. The maximum atomic E-state index is 14.1. The second-order valence-corrected chi connectivity index (χ2v) is 8.88. The summed E-state index contributed by atoms with van der Waals surface area (Å²) in [5.41, 5.74) is 1.13. The van der Waals surface area contributed by atoms with Crippen LogP contribution in [-0.2, 0) is 4.79 Å². The number of nitrogens with one attached hydrogen (secondary N) is 1. The minimum absolute atomic E-state index is 0.157. The lowest BCUT2D eigenvalue weighted by Gasteiger charge is -2.31. The predicted molar refractivity (Wildman–Crippen MR) is 118 cm³/mol. The van der Waals surface area contributed by atoms with E-state index in [0.29, 0.717) is 17.6 Å². The van der Waals surface area contributed by atoms with Crippen LogP contribution in [0.4, 0.5) is 15.2 Å². The predicted octanol–water partition coefficient (Wildman–Crippen LogP) is 5.45. The molecule has 29 heavy (non-hydrogen) atoms. The van der Waals surface area contributed by atoms with Gasteiger partial charge in [-0.3, -0.25) is 4.79 Å². The molecule has 1 amide bonds. The topological polar surface area (TPSA) is 54.5 Å². The molecule has 1 atom stereocenters. The van der Waals surface area contributed by atoms with Crippen LogP contribution in [0.15, 0.2) is 40.9 Å². The number of piperidine rings is 1. The highest BCUT2D eigenvalue weighted by atomic mass is 79.9. The molecule has 2 aromatic carbocycles. The number of amides is 1. The first-order valence-corrected chi connectivity index (χ1v) is 11.2. The van der Waals surface area contributed by atoms with Crippen molar-refractivity contribution in [2.45, 2.75) is 19.8 Å². The molecule has 4 rings (SSSR count). The number of carbonyl (C=O) groups excluding carboxylic acids is 1. The van der Waals surface area contributed by atoms with Crippen LogP contribution in [0, 0.1) is 11.7 Å². The number of thiazole rings is 1. The van der Waals surface area contributed by atoms with Crippen molar-refractivity contribution in [3.05, 3.63) is 46.7 Å². The Hall–Kier alpha value is -2.19. The first-order valence-electron chi connectivity index (χ1n) is 9.57. The van der Waals surface area contributed by atoms with E-state index in [1.54, 1.807) is 23.5 Å². The number of hydrogen-bond donors (Lipinski definition) is 1. The second-order valence-electron chi connectivity index (χ2n) is 6.96. The number of hydrogen-bond acceptors (Lipinski definition) is 5. The molecule has 0 bridgehead atoms. The molecule has 1 unspecified atom stereocenters. The van der Waals surface area contributed by atoms with Gasteiger partial charge in [0.1, 0.15) is 11.6 Å². The molecule has 2 heterocycles. The Bertz CT molecular complexity index is 1040. The molecule has 152 valence electrons. The summed E-state index contributed by atoms with van der Waals surface area (Å²) in [5.74, 6) is 0.0211. The monoisotopic (exact) mass is 477 g/mol. The highest BCUT2D eigenvalue weighted by molar-refractivity contribution is 9.10. The van der Waals surface area contributed by atoms with Gasteiger partial charge in [-0.2, -0.15) is 0 Å². The van der Waals surface area contributed by atoms with Crippen LogP contribution in [0.1, 0.15) is 19.8 Å². The van der Waals surface area contributed by atoms with Gasteiger partial charge >= 0.3 is 0 Å². The molecule has 1 aliphatic rings. The van der Waals surface area contributed by atoms with Crippen LogP contribution in [0.25, 0.3) is 10.2 Å². The Kier molecular flexibility index (Phi) is 6.01. The third-order valence-corrected chi connectivity index (χ3v) is 6.48. The molecule has 5 nitrogen and oxygen atoms in total. The first-order chi connectivity index (χ1) is 14.0. The largest absolute Gasteiger partial charge is 0.494 e. The molecule has 0 saturated carbocycles. The van der Waals surface area contributed by atoms with Crippen molar-refractivity contribution in [3.63, 3.8) is 0 Å². The summed E-state index contributed by atoms with van der Waals surface area (Å²) in [4.78, 5) is 19.6. The zero-order valence-electron chi connectivity index (χ0n) is 16.0. The van der Waals surface area contributed by atoms with Crippen molar-refractivity contribution in [2.24, 2.45) is 5.92 Å². The Morgan fingerprint density at radius 2 is 2.24 bits per heavy atom. The normalized spacial score (nSPS) is 16.8. The molecule has 1 aromatic heterocycles. The number of fused-ring (bicyclic) bond motifs is 1. The smallest absolute Gasteiger partial charge is 0.229 e. The minimum atomic E-state index is -0.448. The lowest BCUT2D eigenvalue weighted by atomic mass is 9.97. The molecule has 0 spiro atoms. The summed E-state index contributed by atoms with van der Waals surface area (Å²) in [7, 11) is 0. The van der Waals surface area contributed by atoms with Crippen molar-refractivity contribution in [2.75, 3.05) is 29.9 Å². The number of carbonyl (C=O) groups is 1. The van der Waals surface area contributed by atoms with E-state index in [9.17, 15) is 9.18 Å². The van der Waals surface area contributed by atoms with E-state index in [-0.39, 0.29) is 17.5 Å². The summed E-state index contributed by atoms with van der Waals surface area (Å²) in [5, 5.41) is 3.64. The number of benzene rings is 2. The van der Waals surface area contributed by atoms with Gasteiger partial charge in [0.15, 0.2) is 5.13 Å². The molecular weight excluding hydrogens is 457 g/mol.